The fourth-order valence-electron chi connectivity index (χ4n) is 3.25. The van der Waals surface area contributed by atoms with Gasteiger partial charge in [0.05, 0.1) is 6.61 Å². The van der Waals surface area contributed by atoms with Crippen molar-refractivity contribution in [1.29, 1.82) is 0 Å². The van der Waals surface area contributed by atoms with Crippen molar-refractivity contribution in [2.24, 2.45) is 0 Å². The van der Waals surface area contributed by atoms with Crippen LogP contribution in [0.2, 0.25) is 0 Å². The first-order chi connectivity index (χ1) is 11.4. The molecule has 0 aliphatic carbocycles. The van der Waals surface area contributed by atoms with E-state index in [0.29, 0.717) is 30.3 Å². The number of sulfonamides is 1. The quantitative estimate of drug-likeness (QED) is 0.758. The highest BCUT2D eigenvalue weighted by molar-refractivity contribution is 7.89. The Morgan fingerprint density at radius 3 is 2.29 bits per heavy atom. The van der Waals surface area contributed by atoms with Crippen molar-refractivity contribution in [1.82, 2.24) is 4.31 Å². The lowest BCUT2D eigenvalue weighted by Crippen LogP contribution is -2.32. The molecule has 1 fully saturated rings. The normalized spacial score (nSPS) is 17.0. The molecule has 1 saturated heterocycles. The Bertz CT molecular complexity index is 645. The van der Waals surface area contributed by atoms with Gasteiger partial charge in [-0.05, 0) is 55.4 Å². The van der Waals surface area contributed by atoms with Gasteiger partial charge in [-0.2, -0.15) is 4.31 Å². The van der Waals surface area contributed by atoms with Gasteiger partial charge < -0.3 is 4.74 Å². The molecule has 0 atom stereocenters. The lowest BCUT2D eigenvalue weighted by Gasteiger charge is -2.23. The van der Waals surface area contributed by atoms with Crippen LogP contribution in [0.1, 0.15) is 69.9 Å². The molecule has 0 aromatic heterocycles. The number of hydrogen-bond acceptors (Lipinski definition) is 3. The zero-order chi connectivity index (χ0) is 17.7. The van der Waals surface area contributed by atoms with Gasteiger partial charge in [0.25, 0.3) is 0 Å². The molecular weight excluding hydrogens is 322 g/mol. The first kappa shape index (κ1) is 19.3. The Morgan fingerprint density at radius 2 is 1.75 bits per heavy atom. The number of rotatable bonds is 6. The fourth-order valence-corrected chi connectivity index (χ4v) is 4.91. The third-order valence-corrected chi connectivity index (χ3v) is 6.52. The molecule has 1 aromatic rings. The summed E-state index contributed by atoms with van der Waals surface area (Å²) in [7, 11) is -3.51. The summed E-state index contributed by atoms with van der Waals surface area (Å²) >= 11 is 0. The van der Waals surface area contributed by atoms with Crippen molar-refractivity contribution in [3.63, 3.8) is 0 Å². The van der Waals surface area contributed by atoms with Gasteiger partial charge in [-0.15, -0.1) is 0 Å². The maximum absolute atomic E-state index is 13.3. The van der Waals surface area contributed by atoms with Crippen molar-refractivity contribution in [2.45, 2.75) is 70.6 Å². The van der Waals surface area contributed by atoms with Crippen LogP contribution in [0.15, 0.2) is 17.0 Å². The van der Waals surface area contributed by atoms with Crippen molar-refractivity contribution >= 4 is 10.0 Å². The molecule has 0 spiro atoms. The molecule has 136 valence electrons. The standard InChI is InChI=1S/C19H31NO3S/c1-5-12-23-18-13-16(4)17(15(2)3)14-19(18)24(21,22)20-10-8-6-7-9-11-20/h13-15H,5-12H2,1-4H3. The molecule has 2 rings (SSSR count). The van der Waals surface area contributed by atoms with E-state index in [0.717, 1.165) is 43.2 Å². The van der Waals surface area contributed by atoms with Gasteiger partial charge in [-0.3, -0.25) is 0 Å². The average molecular weight is 354 g/mol. The molecule has 4 nitrogen and oxygen atoms in total. The van der Waals surface area contributed by atoms with Crippen molar-refractivity contribution in [3.05, 3.63) is 23.3 Å². The first-order valence-corrected chi connectivity index (χ1v) is 10.6. The summed E-state index contributed by atoms with van der Waals surface area (Å²) in [5.74, 6) is 0.784. The smallest absolute Gasteiger partial charge is 0.246 e. The van der Waals surface area contributed by atoms with Gasteiger partial charge in [0.2, 0.25) is 10.0 Å². The Kier molecular flexibility index (Phi) is 6.70. The molecule has 1 aromatic carbocycles. The molecule has 1 aliphatic rings. The van der Waals surface area contributed by atoms with Crippen molar-refractivity contribution < 1.29 is 13.2 Å². The van der Waals surface area contributed by atoms with Crippen LogP contribution in [0.25, 0.3) is 0 Å². The van der Waals surface area contributed by atoms with Crippen LogP contribution < -0.4 is 4.74 Å². The third kappa shape index (κ3) is 4.31. The second-order valence-corrected chi connectivity index (χ2v) is 8.88. The van der Waals surface area contributed by atoms with E-state index < -0.39 is 10.0 Å². The minimum atomic E-state index is -3.51. The lowest BCUT2D eigenvalue weighted by molar-refractivity contribution is 0.307. The van der Waals surface area contributed by atoms with E-state index in [2.05, 4.69) is 13.8 Å². The summed E-state index contributed by atoms with van der Waals surface area (Å²) in [6.07, 6.45) is 4.95. The SMILES string of the molecule is CCCOc1cc(C)c(C(C)C)cc1S(=O)(=O)N1CCCCCC1. The first-order valence-electron chi connectivity index (χ1n) is 9.15. The molecule has 1 heterocycles. The molecule has 0 N–H and O–H groups in total. The van der Waals surface area contributed by atoms with E-state index in [1.165, 1.54) is 0 Å². The minimum absolute atomic E-state index is 0.281. The summed E-state index contributed by atoms with van der Waals surface area (Å²) in [5, 5.41) is 0. The number of aryl methyl sites for hydroxylation is 1. The van der Waals surface area contributed by atoms with Crippen LogP contribution in [-0.4, -0.2) is 32.4 Å². The van der Waals surface area contributed by atoms with Gasteiger partial charge in [0, 0.05) is 13.1 Å². The summed E-state index contributed by atoms with van der Waals surface area (Å²) < 4.78 is 34.0. The zero-order valence-corrected chi connectivity index (χ0v) is 16.3. The van der Waals surface area contributed by atoms with Gasteiger partial charge in [0.1, 0.15) is 10.6 Å². The summed E-state index contributed by atoms with van der Waals surface area (Å²) in [6, 6.07) is 3.74. The molecule has 0 radical (unpaired) electrons. The highest BCUT2D eigenvalue weighted by Gasteiger charge is 2.29. The maximum Gasteiger partial charge on any atom is 0.246 e. The van der Waals surface area contributed by atoms with Gasteiger partial charge in [-0.1, -0.05) is 33.6 Å². The monoisotopic (exact) mass is 353 g/mol. The highest BCUT2D eigenvalue weighted by atomic mass is 32.2. The third-order valence-electron chi connectivity index (χ3n) is 4.60. The maximum atomic E-state index is 13.3. The Morgan fingerprint density at radius 1 is 1.12 bits per heavy atom. The van der Waals surface area contributed by atoms with E-state index >= 15 is 0 Å². The summed E-state index contributed by atoms with van der Waals surface area (Å²) in [5.41, 5.74) is 2.16. The second kappa shape index (κ2) is 8.34. The lowest BCUT2D eigenvalue weighted by atomic mass is 9.98. The number of nitrogens with zero attached hydrogens (tertiary/aromatic N) is 1. The van der Waals surface area contributed by atoms with Crippen LogP contribution in [0.5, 0.6) is 5.75 Å². The van der Waals surface area contributed by atoms with Gasteiger partial charge >= 0.3 is 0 Å². The van der Waals surface area contributed by atoms with Gasteiger partial charge in [0.15, 0.2) is 0 Å². The largest absolute Gasteiger partial charge is 0.492 e. The van der Waals surface area contributed by atoms with Crippen LogP contribution >= 0.6 is 0 Å². The van der Waals surface area contributed by atoms with E-state index in [1.54, 1.807) is 4.31 Å². The predicted molar refractivity (Wildman–Crippen MR) is 98.3 cm³/mol. The Balaban J connectivity index is 2.49. The zero-order valence-electron chi connectivity index (χ0n) is 15.5. The van der Waals surface area contributed by atoms with Crippen LogP contribution in [-0.2, 0) is 10.0 Å². The molecule has 0 saturated carbocycles. The number of benzene rings is 1. The molecule has 1 aliphatic heterocycles. The fraction of sp³-hybridized carbons (Fsp3) is 0.684. The highest BCUT2D eigenvalue weighted by Crippen LogP contribution is 2.34. The Labute approximate surface area is 147 Å². The minimum Gasteiger partial charge on any atom is -0.492 e. The van der Waals surface area contributed by atoms with E-state index in [-0.39, 0.29) is 5.92 Å². The molecule has 0 unspecified atom stereocenters. The molecular formula is C19H31NO3S. The molecule has 0 amide bonds. The van der Waals surface area contributed by atoms with E-state index in [1.807, 2.05) is 26.0 Å². The Hall–Kier alpha value is -1.07. The van der Waals surface area contributed by atoms with Crippen LogP contribution in [0, 0.1) is 6.92 Å². The number of ether oxygens (including phenoxy) is 1. The van der Waals surface area contributed by atoms with E-state index in [4.69, 9.17) is 4.74 Å². The van der Waals surface area contributed by atoms with Crippen molar-refractivity contribution in [2.75, 3.05) is 19.7 Å². The van der Waals surface area contributed by atoms with Crippen LogP contribution in [0.3, 0.4) is 0 Å². The predicted octanol–water partition coefficient (Wildman–Crippen LogP) is 4.47. The topological polar surface area (TPSA) is 46.6 Å². The number of hydrogen-bond donors (Lipinski definition) is 0. The summed E-state index contributed by atoms with van der Waals surface area (Å²) in [4.78, 5) is 0.340. The van der Waals surface area contributed by atoms with E-state index in [9.17, 15) is 8.42 Å². The van der Waals surface area contributed by atoms with Crippen molar-refractivity contribution in [3.8, 4) is 5.75 Å². The molecule has 5 heteroatoms. The molecule has 0 bridgehead atoms. The van der Waals surface area contributed by atoms with Gasteiger partial charge in [-0.25, -0.2) is 8.42 Å². The summed E-state index contributed by atoms with van der Waals surface area (Å²) in [6.45, 7) is 9.99. The average Bonchev–Trinajstić information content (AvgIpc) is 2.82. The molecule has 24 heavy (non-hydrogen) atoms. The van der Waals surface area contributed by atoms with Crippen LogP contribution in [0.4, 0.5) is 0 Å². The second-order valence-electron chi connectivity index (χ2n) is 6.98.